The average molecular weight is 360 g/mol. The van der Waals surface area contributed by atoms with E-state index in [-0.39, 0.29) is 52.1 Å². The largest absolute Gasteiger partial charge is 3.00 e. The Hall–Kier alpha value is -0.0457. The van der Waals surface area contributed by atoms with Crippen molar-refractivity contribution in [2.24, 2.45) is 0 Å². The van der Waals surface area contributed by atoms with Crippen molar-refractivity contribution in [3.8, 4) is 0 Å². The summed E-state index contributed by atoms with van der Waals surface area (Å²) >= 11 is 0. The molecular weight excluding hydrogens is 339 g/mol. The molecule has 1 radical (unpaired) electrons. The van der Waals surface area contributed by atoms with E-state index < -0.39 is 5.60 Å². The van der Waals surface area contributed by atoms with E-state index >= 15 is 0 Å². The van der Waals surface area contributed by atoms with E-state index in [4.69, 9.17) is 4.74 Å². The molecule has 0 aromatic heterocycles. The normalized spacial score (nSPS) is 15.9. The fourth-order valence-electron chi connectivity index (χ4n) is 2.37. The van der Waals surface area contributed by atoms with Crippen molar-refractivity contribution >= 4 is 0 Å². The van der Waals surface area contributed by atoms with Crippen molar-refractivity contribution in [3.05, 3.63) is 59.7 Å². The summed E-state index contributed by atoms with van der Waals surface area (Å²) in [5.74, 6) is 0. The van der Waals surface area contributed by atoms with Gasteiger partial charge in [-0.3, -0.25) is 6.08 Å². The molecule has 2 rings (SSSR count). The summed E-state index contributed by atoms with van der Waals surface area (Å²) < 4.78 is 6.34. The van der Waals surface area contributed by atoms with Gasteiger partial charge < -0.3 is 29.6 Å². The van der Waals surface area contributed by atoms with E-state index in [9.17, 15) is 0 Å². The molecule has 4 heteroatoms. The van der Waals surface area contributed by atoms with Crippen LogP contribution in [0, 0.1) is 6.08 Å². The maximum absolute atomic E-state index is 6.34. The minimum atomic E-state index is -0.424. The first-order valence-corrected chi connectivity index (χ1v) is 6.45. The molecule has 1 aromatic carbocycles. The van der Waals surface area contributed by atoms with Crippen LogP contribution in [0.15, 0.2) is 48.1 Å². The molecule has 0 fully saturated rings. The Kier molecular flexibility index (Phi) is 10.1. The third-order valence-electron chi connectivity index (χ3n) is 3.04. The Morgan fingerprint density at radius 1 is 1.00 bits per heavy atom. The van der Waals surface area contributed by atoms with Crippen LogP contribution in [0.2, 0.25) is 0 Å². The van der Waals surface area contributed by atoms with Crippen LogP contribution < -0.4 is 24.8 Å². The second kappa shape index (κ2) is 9.17. The van der Waals surface area contributed by atoms with Crippen LogP contribution in [-0.2, 0) is 32.1 Å². The van der Waals surface area contributed by atoms with Crippen molar-refractivity contribution in [1.82, 2.24) is 0 Å². The van der Waals surface area contributed by atoms with Crippen molar-refractivity contribution < 1.29 is 51.3 Å². The van der Waals surface area contributed by atoms with Gasteiger partial charge in [-0.25, -0.2) is 6.08 Å². The number of ether oxygens (including phenoxy) is 1. The fraction of sp³-hybridized carbons (Fsp3) is 0.412. The number of allylic oxidation sites excluding steroid dienone is 2. The number of rotatable bonds is 3. The third-order valence-corrected chi connectivity index (χ3v) is 3.04. The van der Waals surface area contributed by atoms with Crippen LogP contribution >= 0.6 is 0 Å². The van der Waals surface area contributed by atoms with Gasteiger partial charge in [0.1, 0.15) is 0 Å². The monoisotopic (exact) mass is 359 g/mol. The zero-order valence-electron chi connectivity index (χ0n) is 12.9. The quantitative estimate of drug-likeness (QED) is 0.467. The second-order valence-electron chi connectivity index (χ2n) is 5.81. The predicted octanol–water partition coefficient (Wildman–Crippen LogP) is -1.59. The zero-order valence-corrected chi connectivity index (χ0v) is 16.0. The topological polar surface area (TPSA) is 9.23 Å². The smallest absolute Gasteiger partial charge is 1.00 e. The summed E-state index contributed by atoms with van der Waals surface area (Å²) in [6.45, 7) is 8.40. The van der Waals surface area contributed by atoms with E-state index in [1.807, 2.05) is 6.07 Å². The van der Waals surface area contributed by atoms with Crippen LogP contribution in [0.25, 0.3) is 0 Å². The maximum atomic E-state index is 6.34. The Bertz CT molecular complexity index is 477. The zero-order chi connectivity index (χ0) is 13.2. The first-order valence-electron chi connectivity index (χ1n) is 6.45. The van der Waals surface area contributed by atoms with Gasteiger partial charge in [0.25, 0.3) is 0 Å². The van der Waals surface area contributed by atoms with Gasteiger partial charge in [0.15, 0.2) is 0 Å². The Morgan fingerprint density at radius 2 is 1.57 bits per heavy atom. The van der Waals surface area contributed by atoms with E-state index in [0.717, 1.165) is 12.0 Å². The van der Waals surface area contributed by atoms with E-state index in [2.05, 4.69) is 70.2 Å². The van der Waals surface area contributed by atoms with Crippen LogP contribution in [0.3, 0.4) is 0 Å². The standard InChI is InChI=1S/C17H21O.2ClH.Ti/c1-16(2,3)18-17(4,15-12-8-9-13-15)14-10-6-5-7-11-14;;;/h5-8,10-12H,9H2,1-4H3;2*1H;/q-1;;;+3/p-2. The summed E-state index contributed by atoms with van der Waals surface area (Å²) in [6, 6.07) is 10.4. The Labute approximate surface area is 155 Å². The number of halogens is 2. The van der Waals surface area contributed by atoms with E-state index in [0.29, 0.717) is 0 Å². The third kappa shape index (κ3) is 5.92. The van der Waals surface area contributed by atoms with Crippen molar-refractivity contribution in [3.63, 3.8) is 0 Å². The minimum Gasteiger partial charge on any atom is -1.00 e. The van der Waals surface area contributed by atoms with E-state index in [1.54, 1.807) is 0 Å². The molecule has 1 nitrogen and oxygen atoms in total. The van der Waals surface area contributed by atoms with Crippen molar-refractivity contribution in [2.75, 3.05) is 0 Å². The molecule has 1 aliphatic carbocycles. The molecule has 0 saturated heterocycles. The van der Waals surface area contributed by atoms with Gasteiger partial charge in [-0.15, -0.1) is 6.42 Å². The van der Waals surface area contributed by atoms with Crippen molar-refractivity contribution in [2.45, 2.75) is 45.3 Å². The molecule has 0 N–H and O–H groups in total. The first kappa shape index (κ1) is 23.2. The molecule has 1 atom stereocenters. The van der Waals surface area contributed by atoms with E-state index in [1.165, 1.54) is 5.56 Å². The summed E-state index contributed by atoms with van der Waals surface area (Å²) in [7, 11) is 0. The van der Waals surface area contributed by atoms with Gasteiger partial charge in [-0.2, -0.15) is 11.6 Å². The Balaban J connectivity index is 0. The van der Waals surface area contributed by atoms with Gasteiger partial charge in [0.05, 0.1) is 11.2 Å². The summed E-state index contributed by atoms with van der Waals surface area (Å²) in [5, 5.41) is 0. The molecule has 1 aromatic rings. The second-order valence-corrected chi connectivity index (χ2v) is 5.81. The molecule has 0 heterocycles. The number of hydrogen-bond acceptors (Lipinski definition) is 1. The van der Waals surface area contributed by atoms with Gasteiger partial charge in [0, 0.05) is 0 Å². The number of benzene rings is 1. The van der Waals surface area contributed by atoms with Crippen LogP contribution in [0.1, 0.15) is 39.7 Å². The predicted molar refractivity (Wildman–Crippen MR) is 75.1 cm³/mol. The molecule has 1 aliphatic rings. The minimum absolute atomic E-state index is 0. The SMILES string of the molecule is CC(C)(C)OC(C)(C1=[C-]CC=C1)c1ccccc1.[Cl-].[Cl-].[Ti+3]. The van der Waals surface area contributed by atoms with Gasteiger partial charge in [0.2, 0.25) is 0 Å². The molecule has 0 spiro atoms. The summed E-state index contributed by atoms with van der Waals surface area (Å²) in [4.78, 5) is 0. The van der Waals surface area contributed by atoms with Crippen LogP contribution in [0.4, 0.5) is 0 Å². The molecular formula is C17H21Cl2OTi. The Morgan fingerprint density at radius 3 is 2.00 bits per heavy atom. The molecule has 113 valence electrons. The number of hydrogen-bond donors (Lipinski definition) is 0. The molecule has 0 aliphatic heterocycles. The molecule has 0 saturated carbocycles. The van der Waals surface area contributed by atoms with Crippen LogP contribution in [-0.4, -0.2) is 5.60 Å². The molecule has 0 amide bonds. The molecule has 1 unspecified atom stereocenters. The average Bonchev–Trinajstić information content (AvgIpc) is 2.82. The summed E-state index contributed by atoms with van der Waals surface area (Å²) in [6.07, 6.45) is 8.53. The van der Waals surface area contributed by atoms with Gasteiger partial charge in [-0.05, 0) is 33.3 Å². The van der Waals surface area contributed by atoms with Gasteiger partial charge >= 0.3 is 21.7 Å². The van der Waals surface area contributed by atoms with Crippen LogP contribution in [0.5, 0.6) is 0 Å². The van der Waals surface area contributed by atoms with Gasteiger partial charge in [-0.1, -0.05) is 30.3 Å². The molecule has 0 bridgehead atoms. The molecule has 21 heavy (non-hydrogen) atoms. The maximum Gasteiger partial charge on any atom is 3.00 e. The summed E-state index contributed by atoms with van der Waals surface area (Å²) in [5.41, 5.74) is 1.68. The first-order chi connectivity index (χ1) is 8.42. The fourth-order valence-corrected chi connectivity index (χ4v) is 2.37. The van der Waals surface area contributed by atoms with Crippen molar-refractivity contribution in [1.29, 1.82) is 0 Å².